The molecular formula is C24H28N2. The Morgan fingerprint density at radius 2 is 1.00 bits per heavy atom. The fraction of sp³-hybridized carbons (Fsp3) is 0.250. The van der Waals surface area contributed by atoms with Crippen molar-refractivity contribution in [3.05, 3.63) is 95.1 Å². The van der Waals surface area contributed by atoms with Crippen molar-refractivity contribution in [1.82, 2.24) is 0 Å². The van der Waals surface area contributed by atoms with E-state index in [9.17, 15) is 0 Å². The molecule has 0 atom stereocenters. The summed E-state index contributed by atoms with van der Waals surface area (Å²) < 4.78 is 0. The summed E-state index contributed by atoms with van der Waals surface area (Å²) in [6.45, 7) is 2.20. The number of anilines is 2. The second-order valence-corrected chi connectivity index (χ2v) is 7.26. The molecule has 0 aliphatic carbocycles. The van der Waals surface area contributed by atoms with E-state index in [0.29, 0.717) is 0 Å². The molecule has 0 unspecified atom stereocenters. The van der Waals surface area contributed by atoms with Crippen LogP contribution in [0, 0.1) is 6.92 Å². The lowest BCUT2D eigenvalue weighted by molar-refractivity contribution is 0.959. The summed E-state index contributed by atoms with van der Waals surface area (Å²) in [5.74, 6) is 0.239. The molecule has 0 N–H and O–H groups in total. The van der Waals surface area contributed by atoms with Crippen molar-refractivity contribution in [2.24, 2.45) is 0 Å². The van der Waals surface area contributed by atoms with Gasteiger partial charge in [0, 0.05) is 45.5 Å². The molecule has 134 valence electrons. The van der Waals surface area contributed by atoms with Gasteiger partial charge in [-0.3, -0.25) is 0 Å². The summed E-state index contributed by atoms with van der Waals surface area (Å²) in [7, 11) is 8.31. The van der Waals surface area contributed by atoms with Crippen molar-refractivity contribution in [3.63, 3.8) is 0 Å². The summed E-state index contributed by atoms with van der Waals surface area (Å²) in [6, 6.07) is 26.5. The van der Waals surface area contributed by atoms with Crippen molar-refractivity contribution in [1.29, 1.82) is 0 Å². The Labute approximate surface area is 157 Å². The molecule has 0 radical (unpaired) electrons. The minimum absolute atomic E-state index is 0.239. The highest BCUT2D eigenvalue weighted by atomic mass is 15.1. The van der Waals surface area contributed by atoms with Gasteiger partial charge in [0.15, 0.2) is 0 Å². The summed E-state index contributed by atoms with van der Waals surface area (Å²) in [5, 5.41) is 0. The van der Waals surface area contributed by atoms with Gasteiger partial charge in [0.1, 0.15) is 0 Å². The average Bonchev–Trinajstić information content (AvgIpc) is 2.64. The third-order valence-electron chi connectivity index (χ3n) is 4.99. The van der Waals surface area contributed by atoms with Crippen LogP contribution in [-0.2, 0) is 0 Å². The van der Waals surface area contributed by atoms with Gasteiger partial charge in [-0.15, -0.1) is 0 Å². The van der Waals surface area contributed by atoms with Gasteiger partial charge in [0.2, 0.25) is 0 Å². The van der Waals surface area contributed by atoms with E-state index >= 15 is 0 Å². The average molecular weight is 345 g/mol. The molecule has 0 amide bonds. The van der Waals surface area contributed by atoms with Crippen LogP contribution in [-0.4, -0.2) is 28.2 Å². The third kappa shape index (κ3) is 3.75. The monoisotopic (exact) mass is 344 g/mol. The molecule has 2 nitrogen and oxygen atoms in total. The van der Waals surface area contributed by atoms with Crippen LogP contribution >= 0.6 is 0 Å². The number of nitrogens with zero attached hydrogens (tertiary/aromatic N) is 2. The predicted octanol–water partition coefficient (Wildman–Crippen LogP) is 5.31. The smallest absolute Gasteiger partial charge is 0.0361 e. The van der Waals surface area contributed by atoms with Crippen LogP contribution in [0.15, 0.2) is 72.8 Å². The lowest BCUT2D eigenvalue weighted by Crippen LogP contribution is -2.10. The Morgan fingerprint density at radius 3 is 1.38 bits per heavy atom. The van der Waals surface area contributed by atoms with Crippen molar-refractivity contribution < 1.29 is 0 Å². The normalized spacial score (nSPS) is 10.8. The first-order chi connectivity index (χ1) is 12.5. The molecule has 2 heteroatoms. The Bertz CT molecular complexity index is 795. The van der Waals surface area contributed by atoms with E-state index in [4.69, 9.17) is 0 Å². The molecule has 0 saturated carbocycles. The standard InChI is InChI=1S/C24H28N2/c1-18-8-6-7-9-23(18)24(19-10-14-21(15-11-19)25(2)3)20-12-16-22(17-13-20)26(4)5/h6-17,24H,1-5H3. The van der Waals surface area contributed by atoms with E-state index in [1.54, 1.807) is 0 Å². The van der Waals surface area contributed by atoms with Crippen LogP contribution in [0.1, 0.15) is 28.2 Å². The van der Waals surface area contributed by atoms with E-state index in [2.05, 4.69) is 118 Å². The van der Waals surface area contributed by atoms with Gasteiger partial charge >= 0.3 is 0 Å². The minimum Gasteiger partial charge on any atom is -0.378 e. The maximum absolute atomic E-state index is 2.26. The van der Waals surface area contributed by atoms with E-state index < -0.39 is 0 Å². The first-order valence-corrected chi connectivity index (χ1v) is 9.07. The van der Waals surface area contributed by atoms with E-state index in [1.807, 2.05) is 0 Å². The first kappa shape index (κ1) is 18.1. The Balaban J connectivity index is 2.09. The summed E-state index contributed by atoms with van der Waals surface area (Å²) in [5.41, 5.74) is 7.78. The SMILES string of the molecule is Cc1ccccc1C(c1ccc(N(C)C)cc1)c1ccc(N(C)C)cc1. The van der Waals surface area contributed by atoms with Gasteiger partial charge in [-0.05, 0) is 53.4 Å². The van der Waals surface area contributed by atoms with E-state index in [-0.39, 0.29) is 5.92 Å². The largest absolute Gasteiger partial charge is 0.378 e. The molecule has 0 aromatic heterocycles. The quantitative estimate of drug-likeness (QED) is 0.579. The lowest BCUT2D eigenvalue weighted by Gasteiger charge is -2.23. The second kappa shape index (κ2) is 7.65. The summed E-state index contributed by atoms with van der Waals surface area (Å²) >= 11 is 0. The summed E-state index contributed by atoms with van der Waals surface area (Å²) in [4.78, 5) is 4.27. The lowest BCUT2D eigenvalue weighted by atomic mass is 9.83. The molecule has 0 heterocycles. The Kier molecular flexibility index (Phi) is 5.32. The Morgan fingerprint density at radius 1 is 0.577 bits per heavy atom. The van der Waals surface area contributed by atoms with Gasteiger partial charge in [0.25, 0.3) is 0 Å². The van der Waals surface area contributed by atoms with Crippen LogP contribution in [0.25, 0.3) is 0 Å². The molecular weight excluding hydrogens is 316 g/mol. The molecule has 0 spiro atoms. The van der Waals surface area contributed by atoms with Crippen LogP contribution in [0.5, 0.6) is 0 Å². The fourth-order valence-electron chi connectivity index (χ4n) is 3.39. The number of benzene rings is 3. The predicted molar refractivity (Wildman–Crippen MR) is 114 cm³/mol. The second-order valence-electron chi connectivity index (χ2n) is 7.26. The molecule has 0 bridgehead atoms. The molecule has 0 fully saturated rings. The third-order valence-corrected chi connectivity index (χ3v) is 4.99. The van der Waals surface area contributed by atoms with Crippen molar-refractivity contribution >= 4 is 11.4 Å². The number of hydrogen-bond acceptors (Lipinski definition) is 2. The van der Waals surface area contributed by atoms with Gasteiger partial charge in [-0.1, -0.05) is 48.5 Å². The Hall–Kier alpha value is -2.74. The molecule has 0 aliphatic rings. The van der Waals surface area contributed by atoms with Gasteiger partial charge < -0.3 is 9.80 Å². The zero-order valence-corrected chi connectivity index (χ0v) is 16.4. The van der Waals surface area contributed by atoms with Crippen LogP contribution in [0.2, 0.25) is 0 Å². The highest BCUT2D eigenvalue weighted by Crippen LogP contribution is 2.35. The molecule has 0 saturated heterocycles. The minimum atomic E-state index is 0.239. The van der Waals surface area contributed by atoms with Gasteiger partial charge in [0.05, 0.1) is 0 Å². The van der Waals surface area contributed by atoms with Crippen LogP contribution in [0.3, 0.4) is 0 Å². The highest BCUT2D eigenvalue weighted by Gasteiger charge is 2.18. The van der Waals surface area contributed by atoms with E-state index in [0.717, 1.165) is 0 Å². The molecule has 3 rings (SSSR count). The number of aryl methyl sites for hydroxylation is 1. The number of rotatable bonds is 5. The zero-order valence-electron chi connectivity index (χ0n) is 16.4. The zero-order chi connectivity index (χ0) is 18.7. The molecule has 3 aromatic rings. The summed E-state index contributed by atoms with van der Waals surface area (Å²) in [6.07, 6.45) is 0. The van der Waals surface area contributed by atoms with Crippen LogP contribution < -0.4 is 9.80 Å². The first-order valence-electron chi connectivity index (χ1n) is 9.07. The fourth-order valence-corrected chi connectivity index (χ4v) is 3.39. The highest BCUT2D eigenvalue weighted by molar-refractivity contribution is 5.54. The van der Waals surface area contributed by atoms with Crippen molar-refractivity contribution in [2.45, 2.75) is 12.8 Å². The molecule has 0 aliphatic heterocycles. The molecule has 3 aromatic carbocycles. The van der Waals surface area contributed by atoms with E-state index in [1.165, 1.54) is 33.6 Å². The van der Waals surface area contributed by atoms with Crippen molar-refractivity contribution in [2.75, 3.05) is 38.0 Å². The maximum Gasteiger partial charge on any atom is 0.0361 e. The topological polar surface area (TPSA) is 6.48 Å². The van der Waals surface area contributed by atoms with Gasteiger partial charge in [-0.25, -0.2) is 0 Å². The molecule has 26 heavy (non-hydrogen) atoms. The van der Waals surface area contributed by atoms with Crippen LogP contribution in [0.4, 0.5) is 11.4 Å². The van der Waals surface area contributed by atoms with Crippen molar-refractivity contribution in [3.8, 4) is 0 Å². The van der Waals surface area contributed by atoms with Gasteiger partial charge in [-0.2, -0.15) is 0 Å². The number of hydrogen-bond donors (Lipinski definition) is 0. The maximum atomic E-state index is 2.26.